The number of carbonyl (C=O) groups is 1. The van der Waals surface area contributed by atoms with E-state index < -0.39 is 12.0 Å². The SMILES string of the molecule is CCOc1ccc([C@@H]2C(C(=O)OC)=CN=c3s/c(=C/c4cc(Br)cc(Br)c4OC(C)C)c(=O)n32)cc1OCC. The van der Waals surface area contributed by atoms with Crippen LogP contribution in [0.4, 0.5) is 0 Å². The van der Waals surface area contributed by atoms with Crippen molar-refractivity contribution < 1.29 is 23.7 Å². The smallest absolute Gasteiger partial charge is 0.337 e. The van der Waals surface area contributed by atoms with Gasteiger partial charge in [-0.1, -0.05) is 33.3 Å². The monoisotopic (exact) mass is 678 g/mol. The molecule has 206 valence electrons. The molecule has 0 amide bonds. The maximum absolute atomic E-state index is 13.9. The Labute approximate surface area is 246 Å². The van der Waals surface area contributed by atoms with Crippen molar-refractivity contribution >= 4 is 55.2 Å². The van der Waals surface area contributed by atoms with Gasteiger partial charge in [-0.05, 0) is 79.5 Å². The molecule has 8 nitrogen and oxygen atoms in total. The zero-order valence-electron chi connectivity index (χ0n) is 22.1. The summed E-state index contributed by atoms with van der Waals surface area (Å²) in [4.78, 5) is 31.6. The molecule has 0 N–H and O–H groups in total. The lowest BCUT2D eigenvalue weighted by atomic mass is 9.97. The van der Waals surface area contributed by atoms with Gasteiger partial charge in [0.2, 0.25) is 0 Å². The molecule has 0 spiro atoms. The number of esters is 1. The van der Waals surface area contributed by atoms with E-state index in [1.54, 1.807) is 18.2 Å². The summed E-state index contributed by atoms with van der Waals surface area (Å²) in [6.07, 6.45) is 3.17. The van der Waals surface area contributed by atoms with E-state index in [1.807, 2.05) is 45.9 Å². The molecule has 1 aromatic heterocycles. The van der Waals surface area contributed by atoms with Crippen LogP contribution < -0.4 is 29.1 Å². The van der Waals surface area contributed by atoms with Crippen LogP contribution in [-0.2, 0) is 9.53 Å². The lowest BCUT2D eigenvalue weighted by Crippen LogP contribution is -2.39. The van der Waals surface area contributed by atoms with E-state index >= 15 is 0 Å². The third-order valence-electron chi connectivity index (χ3n) is 5.69. The maximum Gasteiger partial charge on any atom is 0.337 e. The first-order valence-corrected chi connectivity index (χ1v) is 14.7. The van der Waals surface area contributed by atoms with Gasteiger partial charge in [0.25, 0.3) is 5.56 Å². The Balaban J connectivity index is 1.93. The average molecular weight is 680 g/mol. The lowest BCUT2D eigenvalue weighted by molar-refractivity contribution is -0.136. The van der Waals surface area contributed by atoms with Crippen molar-refractivity contribution in [2.24, 2.45) is 4.99 Å². The second kappa shape index (κ2) is 12.5. The molecule has 11 heteroatoms. The first kappa shape index (κ1) is 29.1. The predicted octanol–water partition coefficient (Wildman–Crippen LogP) is 5.13. The van der Waals surface area contributed by atoms with Crippen LogP contribution in [0.15, 0.2) is 60.8 Å². The van der Waals surface area contributed by atoms with Crippen LogP contribution in [-0.4, -0.2) is 37.0 Å². The minimum absolute atomic E-state index is 0.0716. The summed E-state index contributed by atoms with van der Waals surface area (Å²) in [6, 6.07) is 8.39. The fourth-order valence-electron chi connectivity index (χ4n) is 4.18. The van der Waals surface area contributed by atoms with Crippen molar-refractivity contribution in [3.63, 3.8) is 0 Å². The molecule has 2 heterocycles. The van der Waals surface area contributed by atoms with Crippen LogP contribution in [0.1, 0.15) is 44.9 Å². The number of hydrogen-bond donors (Lipinski definition) is 0. The van der Waals surface area contributed by atoms with E-state index in [0.717, 1.165) is 14.5 Å². The highest BCUT2D eigenvalue weighted by atomic mass is 79.9. The lowest BCUT2D eigenvalue weighted by Gasteiger charge is -2.23. The number of nitrogens with zero attached hydrogens (tertiary/aromatic N) is 2. The Morgan fingerprint density at radius 3 is 2.51 bits per heavy atom. The zero-order valence-corrected chi connectivity index (χ0v) is 26.1. The number of thiazole rings is 1. The minimum Gasteiger partial charge on any atom is -0.490 e. The van der Waals surface area contributed by atoms with Gasteiger partial charge in [0.1, 0.15) is 5.75 Å². The molecule has 0 aliphatic carbocycles. The molecule has 1 aliphatic rings. The van der Waals surface area contributed by atoms with Crippen LogP contribution in [0.3, 0.4) is 0 Å². The number of fused-ring (bicyclic) bond motifs is 1. The molecule has 1 aliphatic heterocycles. The number of halogens is 2. The molecular formula is C28H28Br2N2O6S. The molecule has 3 aromatic rings. The van der Waals surface area contributed by atoms with Gasteiger partial charge in [-0.15, -0.1) is 0 Å². The van der Waals surface area contributed by atoms with Crippen molar-refractivity contribution in [2.45, 2.75) is 39.8 Å². The highest BCUT2D eigenvalue weighted by Crippen LogP contribution is 2.36. The van der Waals surface area contributed by atoms with Gasteiger partial charge in [0.15, 0.2) is 16.3 Å². The number of hydrogen-bond acceptors (Lipinski definition) is 8. The van der Waals surface area contributed by atoms with Crippen LogP contribution in [0.25, 0.3) is 6.08 Å². The topological polar surface area (TPSA) is 88.4 Å². The Kier molecular flexibility index (Phi) is 9.35. The van der Waals surface area contributed by atoms with E-state index in [-0.39, 0.29) is 17.2 Å². The third kappa shape index (κ3) is 6.15. The van der Waals surface area contributed by atoms with Gasteiger partial charge in [-0.2, -0.15) is 0 Å². The fourth-order valence-corrected chi connectivity index (χ4v) is 6.49. The summed E-state index contributed by atoms with van der Waals surface area (Å²) in [7, 11) is 1.30. The number of carbonyl (C=O) groups excluding carboxylic acids is 1. The molecule has 39 heavy (non-hydrogen) atoms. The van der Waals surface area contributed by atoms with Gasteiger partial charge in [0.05, 0.1) is 47.0 Å². The summed E-state index contributed by atoms with van der Waals surface area (Å²) in [5.41, 5.74) is 1.32. The number of aromatic nitrogens is 1. The fraction of sp³-hybridized carbons (Fsp3) is 0.321. The first-order chi connectivity index (χ1) is 18.7. The first-order valence-electron chi connectivity index (χ1n) is 12.3. The van der Waals surface area contributed by atoms with Crippen LogP contribution >= 0.6 is 43.2 Å². The molecule has 4 rings (SSSR count). The molecule has 1 atom stereocenters. The summed E-state index contributed by atoms with van der Waals surface area (Å²) < 4.78 is 26.2. The van der Waals surface area contributed by atoms with E-state index in [9.17, 15) is 9.59 Å². The van der Waals surface area contributed by atoms with Crippen molar-refractivity contribution in [1.29, 1.82) is 0 Å². The largest absolute Gasteiger partial charge is 0.490 e. The van der Waals surface area contributed by atoms with E-state index in [0.29, 0.717) is 45.4 Å². The second-order valence-electron chi connectivity index (χ2n) is 8.72. The molecular weight excluding hydrogens is 652 g/mol. The predicted molar refractivity (Wildman–Crippen MR) is 158 cm³/mol. The number of benzene rings is 2. The second-order valence-corrected chi connectivity index (χ2v) is 11.5. The van der Waals surface area contributed by atoms with Gasteiger partial charge in [-0.3, -0.25) is 9.36 Å². The van der Waals surface area contributed by atoms with Crippen molar-refractivity contribution in [2.75, 3.05) is 20.3 Å². The Bertz CT molecular complexity index is 1610. The standard InChI is InChI=1S/C28H28Br2N2O6S/c1-6-36-21-9-8-16(11-22(21)37-7-2)24-19(27(34)35-5)14-31-28-32(24)26(33)23(39-28)12-17-10-18(29)13-20(30)25(17)38-15(3)4/h8-15,24H,6-7H2,1-5H3/b23-12+/t24-/m1/s1. The van der Waals surface area contributed by atoms with Crippen molar-refractivity contribution in [3.8, 4) is 17.2 Å². The summed E-state index contributed by atoms with van der Waals surface area (Å²) >= 11 is 8.32. The molecule has 0 saturated carbocycles. The highest BCUT2D eigenvalue weighted by molar-refractivity contribution is 9.11. The Morgan fingerprint density at radius 1 is 1.13 bits per heavy atom. The van der Waals surface area contributed by atoms with E-state index in [4.69, 9.17) is 18.9 Å². The Hall–Kier alpha value is -2.89. The van der Waals surface area contributed by atoms with Crippen LogP contribution in [0.5, 0.6) is 17.2 Å². The molecule has 2 aromatic carbocycles. The normalized spacial score (nSPS) is 14.9. The highest BCUT2D eigenvalue weighted by Gasteiger charge is 2.31. The molecule has 0 radical (unpaired) electrons. The molecule has 0 fully saturated rings. The number of methoxy groups -OCH3 is 1. The quantitative estimate of drug-likeness (QED) is 0.292. The zero-order chi connectivity index (χ0) is 28.3. The third-order valence-corrected chi connectivity index (χ3v) is 7.73. The van der Waals surface area contributed by atoms with Gasteiger partial charge < -0.3 is 18.9 Å². The molecule has 0 unspecified atom stereocenters. The number of rotatable bonds is 9. The van der Waals surface area contributed by atoms with Gasteiger partial charge >= 0.3 is 5.97 Å². The average Bonchev–Trinajstić information content (AvgIpc) is 3.21. The van der Waals surface area contributed by atoms with Gasteiger partial charge in [-0.25, -0.2) is 9.79 Å². The summed E-state index contributed by atoms with van der Waals surface area (Å²) in [6.45, 7) is 8.54. The van der Waals surface area contributed by atoms with Crippen LogP contribution in [0, 0.1) is 0 Å². The van der Waals surface area contributed by atoms with Crippen molar-refractivity contribution in [1.82, 2.24) is 4.57 Å². The summed E-state index contributed by atoms with van der Waals surface area (Å²) in [5.74, 6) is 1.15. The molecule has 0 bridgehead atoms. The van der Waals surface area contributed by atoms with Gasteiger partial charge in [0, 0.05) is 16.2 Å². The Morgan fingerprint density at radius 2 is 1.85 bits per heavy atom. The molecule has 0 saturated heterocycles. The number of ether oxygens (including phenoxy) is 4. The minimum atomic E-state index is -0.772. The van der Waals surface area contributed by atoms with Crippen molar-refractivity contribution in [3.05, 3.63) is 81.9 Å². The van der Waals surface area contributed by atoms with E-state index in [1.165, 1.54) is 29.2 Å². The van der Waals surface area contributed by atoms with E-state index in [2.05, 4.69) is 36.9 Å². The summed E-state index contributed by atoms with van der Waals surface area (Å²) in [5, 5.41) is 0. The maximum atomic E-state index is 13.9. The van der Waals surface area contributed by atoms with Crippen LogP contribution in [0.2, 0.25) is 0 Å².